The van der Waals surface area contributed by atoms with Crippen LogP contribution in [0.2, 0.25) is 0 Å². The van der Waals surface area contributed by atoms with E-state index < -0.39 is 0 Å². The van der Waals surface area contributed by atoms with E-state index in [1.165, 1.54) is 17.7 Å². The molecule has 29 heavy (non-hydrogen) atoms. The van der Waals surface area contributed by atoms with E-state index in [9.17, 15) is 10.2 Å². The van der Waals surface area contributed by atoms with E-state index in [1.807, 2.05) is 31.2 Å². The highest BCUT2D eigenvalue weighted by atomic mass is 32.1. The fraction of sp³-hybridized carbons (Fsp3) is 0.0952. The third kappa shape index (κ3) is 3.83. The minimum absolute atomic E-state index is 0.0881. The van der Waals surface area contributed by atoms with Crippen LogP contribution in [0.4, 0.5) is 5.82 Å². The van der Waals surface area contributed by atoms with E-state index >= 15 is 0 Å². The molecule has 0 aliphatic heterocycles. The van der Waals surface area contributed by atoms with Gasteiger partial charge in [-0.25, -0.2) is 9.97 Å². The van der Waals surface area contributed by atoms with Gasteiger partial charge in [-0.1, -0.05) is 12.1 Å². The summed E-state index contributed by atoms with van der Waals surface area (Å²) in [7, 11) is 0. The third-order valence-electron chi connectivity index (χ3n) is 4.16. The monoisotopic (exact) mass is 406 g/mol. The number of hydrazone groups is 1. The fourth-order valence-corrected chi connectivity index (χ4v) is 3.94. The molecular formula is C21H18N4O3S. The molecule has 0 atom stereocenters. The smallest absolute Gasteiger partial charge is 0.167 e. The molecule has 0 aliphatic rings. The van der Waals surface area contributed by atoms with Gasteiger partial charge in [0.25, 0.3) is 0 Å². The second-order valence-corrected chi connectivity index (χ2v) is 7.09. The zero-order valence-electron chi connectivity index (χ0n) is 15.5. The van der Waals surface area contributed by atoms with Crippen LogP contribution in [0.15, 0.2) is 60.0 Å². The van der Waals surface area contributed by atoms with Gasteiger partial charge in [-0.15, -0.1) is 11.3 Å². The summed E-state index contributed by atoms with van der Waals surface area (Å²) < 4.78 is 6.39. The Kier molecular flexibility index (Phi) is 5.26. The number of ether oxygens (including phenoxy) is 1. The molecule has 4 aromatic rings. The van der Waals surface area contributed by atoms with Crippen LogP contribution in [-0.2, 0) is 0 Å². The SMILES string of the molecule is CCOc1ccccc1-c1sc2c(NN=Cc3ccc(O)cc3)ncnc2c1O. The van der Waals surface area contributed by atoms with Crippen LogP contribution in [0.1, 0.15) is 12.5 Å². The summed E-state index contributed by atoms with van der Waals surface area (Å²) in [5.41, 5.74) is 4.98. The van der Waals surface area contributed by atoms with Gasteiger partial charge in [-0.05, 0) is 48.9 Å². The standard InChI is InChI=1S/C21H18N4O3S/c1-2-28-16-6-4-3-5-15(16)19-18(27)17-20(29-19)21(23-12-22-17)25-24-11-13-7-9-14(26)10-8-13/h3-12,26-27H,2H2,1H3,(H,22,23,25). The van der Waals surface area contributed by atoms with Crippen molar-refractivity contribution in [3.63, 3.8) is 0 Å². The summed E-state index contributed by atoms with van der Waals surface area (Å²) in [6.07, 6.45) is 3.00. The predicted molar refractivity (Wildman–Crippen MR) is 115 cm³/mol. The zero-order chi connectivity index (χ0) is 20.2. The first kappa shape index (κ1) is 18.7. The average molecular weight is 406 g/mol. The average Bonchev–Trinajstić information content (AvgIpc) is 3.08. The molecule has 0 radical (unpaired) electrons. The summed E-state index contributed by atoms with van der Waals surface area (Å²) in [4.78, 5) is 9.14. The number of anilines is 1. The number of aromatic nitrogens is 2. The minimum Gasteiger partial charge on any atom is -0.508 e. The maximum atomic E-state index is 10.8. The van der Waals surface area contributed by atoms with E-state index in [0.717, 1.165) is 11.1 Å². The lowest BCUT2D eigenvalue weighted by atomic mass is 10.1. The van der Waals surface area contributed by atoms with Gasteiger partial charge in [0.2, 0.25) is 0 Å². The Morgan fingerprint density at radius 2 is 1.90 bits per heavy atom. The second kappa shape index (κ2) is 8.15. The lowest BCUT2D eigenvalue weighted by molar-refractivity contribution is 0.341. The lowest BCUT2D eigenvalue weighted by Crippen LogP contribution is -1.94. The Morgan fingerprint density at radius 1 is 1.10 bits per heavy atom. The van der Waals surface area contributed by atoms with Crippen LogP contribution in [-0.4, -0.2) is 33.0 Å². The molecule has 146 valence electrons. The molecule has 0 unspecified atom stereocenters. The van der Waals surface area contributed by atoms with Gasteiger partial charge in [-0.2, -0.15) is 5.10 Å². The minimum atomic E-state index is 0.0881. The predicted octanol–water partition coefficient (Wildman–Crippen LogP) is 4.61. The number of hydrogen-bond acceptors (Lipinski definition) is 8. The van der Waals surface area contributed by atoms with Gasteiger partial charge in [0.15, 0.2) is 11.6 Å². The molecule has 0 amide bonds. The number of para-hydroxylation sites is 1. The topological polar surface area (TPSA) is 99.9 Å². The van der Waals surface area contributed by atoms with E-state index in [4.69, 9.17) is 4.74 Å². The Morgan fingerprint density at radius 3 is 2.69 bits per heavy atom. The van der Waals surface area contributed by atoms with Gasteiger partial charge in [-0.3, -0.25) is 5.43 Å². The molecule has 2 aromatic heterocycles. The maximum absolute atomic E-state index is 10.8. The molecule has 0 bridgehead atoms. The van der Waals surface area contributed by atoms with Crippen molar-refractivity contribution in [1.29, 1.82) is 0 Å². The van der Waals surface area contributed by atoms with Gasteiger partial charge in [0, 0.05) is 5.56 Å². The van der Waals surface area contributed by atoms with Crippen molar-refractivity contribution in [3.8, 4) is 27.7 Å². The highest BCUT2D eigenvalue weighted by Crippen LogP contribution is 2.47. The number of rotatable bonds is 6. The number of nitrogens with one attached hydrogen (secondary N) is 1. The van der Waals surface area contributed by atoms with Crippen molar-refractivity contribution >= 4 is 33.6 Å². The molecule has 2 aromatic carbocycles. The zero-order valence-corrected chi connectivity index (χ0v) is 16.3. The van der Waals surface area contributed by atoms with Crippen molar-refractivity contribution in [2.75, 3.05) is 12.0 Å². The summed E-state index contributed by atoms with van der Waals surface area (Å²) in [5, 5.41) is 24.3. The van der Waals surface area contributed by atoms with Crippen LogP contribution in [0.25, 0.3) is 20.7 Å². The molecule has 2 heterocycles. The lowest BCUT2D eigenvalue weighted by Gasteiger charge is -2.08. The molecule has 0 saturated carbocycles. The summed E-state index contributed by atoms with van der Waals surface area (Å²) >= 11 is 1.37. The Labute approximate surface area is 171 Å². The number of phenols is 1. The molecule has 7 nitrogen and oxygen atoms in total. The van der Waals surface area contributed by atoms with Gasteiger partial charge in [0.05, 0.1) is 17.7 Å². The molecule has 0 saturated heterocycles. The first-order chi connectivity index (χ1) is 14.2. The van der Waals surface area contributed by atoms with Crippen LogP contribution in [0.5, 0.6) is 17.2 Å². The fourth-order valence-electron chi connectivity index (χ4n) is 2.82. The van der Waals surface area contributed by atoms with Crippen molar-refractivity contribution < 1.29 is 14.9 Å². The molecule has 0 aliphatic carbocycles. The van der Waals surface area contributed by atoms with Gasteiger partial charge in [0.1, 0.15) is 28.0 Å². The van der Waals surface area contributed by atoms with E-state index in [2.05, 4.69) is 20.5 Å². The highest BCUT2D eigenvalue weighted by molar-refractivity contribution is 7.23. The quantitative estimate of drug-likeness (QED) is 0.319. The summed E-state index contributed by atoms with van der Waals surface area (Å²) in [6.45, 7) is 2.45. The van der Waals surface area contributed by atoms with Crippen LogP contribution >= 0.6 is 11.3 Å². The Bertz CT molecular complexity index is 1170. The van der Waals surface area contributed by atoms with Crippen molar-refractivity contribution in [1.82, 2.24) is 9.97 Å². The first-order valence-electron chi connectivity index (χ1n) is 8.94. The summed E-state index contributed by atoms with van der Waals surface area (Å²) in [6, 6.07) is 14.2. The van der Waals surface area contributed by atoms with E-state index in [-0.39, 0.29) is 11.5 Å². The molecule has 3 N–H and O–H groups in total. The highest BCUT2D eigenvalue weighted by Gasteiger charge is 2.19. The number of phenolic OH excluding ortho intramolecular Hbond substituents is 1. The first-order valence-corrected chi connectivity index (χ1v) is 9.75. The van der Waals surface area contributed by atoms with Gasteiger partial charge >= 0.3 is 0 Å². The molecule has 8 heteroatoms. The normalized spacial score (nSPS) is 11.2. The molecule has 0 spiro atoms. The van der Waals surface area contributed by atoms with Crippen LogP contribution in [0.3, 0.4) is 0 Å². The second-order valence-electron chi connectivity index (χ2n) is 6.07. The third-order valence-corrected chi connectivity index (χ3v) is 5.36. The van der Waals surface area contributed by atoms with Crippen molar-refractivity contribution in [2.24, 2.45) is 5.10 Å². The number of fused-ring (bicyclic) bond motifs is 1. The number of hydrogen-bond donors (Lipinski definition) is 3. The van der Waals surface area contributed by atoms with Crippen LogP contribution < -0.4 is 10.2 Å². The number of nitrogens with zero attached hydrogens (tertiary/aromatic N) is 3. The molecular weight excluding hydrogens is 388 g/mol. The largest absolute Gasteiger partial charge is 0.508 e. The Hall–Kier alpha value is -3.65. The van der Waals surface area contributed by atoms with Gasteiger partial charge < -0.3 is 14.9 Å². The number of thiophene rings is 1. The van der Waals surface area contributed by atoms with E-state index in [0.29, 0.717) is 33.3 Å². The maximum Gasteiger partial charge on any atom is 0.167 e. The van der Waals surface area contributed by atoms with Crippen LogP contribution in [0, 0.1) is 0 Å². The molecule has 0 fully saturated rings. The Balaban J connectivity index is 1.69. The number of benzene rings is 2. The van der Waals surface area contributed by atoms with Crippen molar-refractivity contribution in [3.05, 3.63) is 60.4 Å². The number of aromatic hydroxyl groups is 2. The molecule has 4 rings (SSSR count). The summed E-state index contributed by atoms with van der Waals surface area (Å²) in [5.74, 6) is 1.47. The van der Waals surface area contributed by atoms with E-state index in [1.54, 1.807) is 30.5 Å². The van der Waals surface area contributed by atoms with Crippen molar-refractivity contribution in [2.45, 2.75) is 6.92 Å².